The molecule has 0 aromatic heterocycles. The summed E-state index contributed by atoms with van der Waals surface area (Å²) >= 11 is 0. The molecule has 1 heterocycles. The van der Waals surface area contributed by atoms with Crippen LogP contribution in [0.25, 0.3) is 0 Å². The number of benzene rings is 1. The summed E-state index contributed by atoms with van der Waals surface area (Å²) in [7, 11) is -3.11. The number of sulfone groups is 1. The predicted octanol–water partition coefficient (Wildman–Crippen LogP) is 2.06. The third-order valence-corrected chi connectivity index (χ3v) is 5.53. The number of rotatable bonds is 4. The molecule has 1 saturated heterocycles. The summed E-state index contributed by atoms with van der Waals surface area (Å²) in [6.07, 6.45) is 0.650. The van der Waals surface area contributed by atoms with Crippen LogP contribution in [0.1, 0.15) is 27.2 Å². The molecule has 0 radical (unpaired) electrons. The lowest BCUT2D eigenvalue weighted by atomic mass is 10.1. The Bertz CT molecular complexity index is 529. The van der Waals surface area contributed by atoms with E-state index in [1.165, 1.54) is 0 Å². The van der Waals surface area contributed by atoms with Crippen LogP contribution >= 0.6 is 0 Å². The Kier molecular flexibility index (Phi) is 4.70. The minimum Gasteiger partial charge on any atom is -0.368 e. The maximum atomic E-state index is 12.0. The van der Waals surface area contributed by atoms with Gasteiger partial charge in [0, 0.05) is 30.9 Å². The van der Waals surface area contributed by atoms with Crippen LogP contribution in [0.2, 0.25) is 0 Å². The highest BCUT2D eigenvalue weighted by Crippen LogP contribution is 2.21. The minimum absolute atomic E-state index is 0.216. The van der Waals surface area contributed by atoms with Crippen LogP contribution in [0.3, 0.4) is 0 Å². The third-order valence-electron chi connectivity index (χ3n) is 3.59. The summed E-state index contributed by atoms with van der Waals surface area (Å²) < 4.78 is 24.0. The molecular weight excluding hydrogens is 272 g/mol. The second kappa shape index (κ2) is 6.14. The number of anilines is 1. The van der Waals surface area contributed by atoms with Gasteiger partial charge in [-0.25, -0.2) is 8.42 Å². The molecule has 1 aliphatic rings. The molecule has 20 heavy (non-hydrogen) atoms. The van der Waals surface area contributed by atoms with Gasteiger partial charge in [-0.15, -0.1) is 0 Å². The topological polar surface area (TPSA) is 49.4 Å². The lowest BCUT2D eigenvalue weighted by molar-refractivity contribution is 0.407. The Hall–Kier alpha value is -1.07. The molecule has 112 valence electrons. The molecule has 1 aliphatic heterocycles. The van der Waals surface area contributed by atoms with Crippen LogP contribution in [0, 0.1) is 0 Å². The van der Waals surface area contributed by atoms with E-state index in [0.29, 0.717) is 23.4 Å². The molecule has 0 spiro atoms. The van der Waals surface area contributed by atoms with Crippen molar-refractivity contribution in [3.63, 3.8) is 0 Å². The Morgan fingerprint density at radius 1 is 1.15 bits per heavy atom. The van der Waals surface area contributed by atoms with Crippen molar-refractivity contribution in [2.75, 3.05) is 23.7 Å². The predicted molar refractivity (Wildman–Crippen MR) is 83.1 cm³/mol. The minimum atomic E-state index is -3.11. The molecule has 0 amide bonds. The molecule has 0 saturated carbocycles. The van der Waals surface area contributed by atoms with E-state index in [0.717, 1.165) is 18.8 Å². The van der Waals surface area contributed by atoms with E-state index in [-0.39, 0.29) is 5.75 Å². The van der Waals surface area contributed by atoms with Crippen LogP contribution in [-0.4, -0.2) is 39.3 Å². The molecule has 1 N–H and O–H groups in total. The highest BCUT2D eigenvalue weighted by Gasteiger charge is 2.21. The first-order valence-corrected chi connectivity index (χ1v) is 8.91. The quantitative estimate of drug-likeness (QED) is 0.924. The van der Waals surface area contributed by atoms with Crippen molar-refractivity contribution >= 4 is 15.5 Å². The van der Waals surface area contributed by atoms with Crippen molar-refractivity contribution in [1.29, 1.82) is 0 Å². The standard InChI is InChI=1S/C15H24N2O2S/c1-4-9-20(18,19)15-7-5-14(6-8-15)17-10-12(2)16-13(3)11-17/h5-8,12-13,16H,4,9-11H2,1-3H3. The van der Waals surface area contributed by atoms with E-state index in [1.807, 2.05) is 19.1 Å². The van der Waals surface area contributed by atoms with E-state index < -0.39 is 9.84 Å². The Balaban J connectivity index is 2.16. The van der Waals surface area contributed by atoms with Crippen LogP contribution in [0.5, 0.6) is 0 Å². The van der Waals surface area contributed by atoms with Gasteiger partial charge >= 0.3 is 0 Å². The highest BCUT2D eigenvalue weighted by atomic mass is 32.2. The molecule has 2 atom stereocenters. The first kappa shape index (κ1) is 15.3. The van der Waals surface area contributed by atoms with Crippen molar-refractivity contribution in [3.8, 4) is 0 Å². The number of nitrogens with zero attached hydrogens (tertiary/aromatic N) is 1. The fourth-order valence-corrected chi connectivity index (χ4v) is 4.11. The van der Waals surface area contributed by atoms with Crippen molar-refractivity contribution in [2.24, 2.45) is 0 Å². The van der Waals surface area contributed by atoms with E-state index in [1.54, 1.807) is 12.1 Å². The smallest absolute Gasteiger partial charge is 0.178 e. The zero-order chi connectivity index (χ0) is 14.8. The second-order valence-electron chi connectivity index (χ2n) is 5.69. The number of nitrogens with one attached hydrogen (secondary N) is 1. The lowest BCUT2D eigenvalue weighted by Gasteiger charge is -2.37. The van der Waals surface area contributed by atoms with Crippen LogP contribution in [-0.2, 0) is 9.84 Å². The van der Waals surface area contributed by atoms with Crippen LogP contribution < -0.4 is 10.2 Å². The summed E-state index contributed by atoms with van der Waals surface area (Å²) in [5.74, 6) is 0.216. The lowest BCUT2D eigenvalue weighted by Crippen LogP contribution is -2.54. The first-order chi connectivity index (χ1) is 9.42. The summed E-state index contributed by atoms with van der Waals surface area (Å²) in [5.41, 5.74) is 1.10. The zero-order valence-electron chi connectivity index (χ0n) is 12.5. The largest absolute Gasteiger partial charge is 0.368 e. The highest BCUT2D eigenvalue weighted by molar-refractivity contribution is 7.91. The fourth-order valence-electron chi connectivity index (χ4n) is 2.79. The van der Waals surface area contributed by atoms with Crippen molar-refractivity contribution < 1.29 is 8.42 Å². The summed E-state index contributed by atoms with van der Waals surface area (Å²) in [5, 5.41) is 3.49. The number of piperazine rings is 1. The Morgan fingerprint density at radius 2 is 1.70 bits per heavy atom. The molecule has 1 aromatic carbocycles. The van der Waals surface area contributed by atoms with E-state index in [9.17, 15) is 8.42 Å². The average molecular weight is 296 g/mol. The zero-order valence-corrected chi connectivity index (χ0v) is 13.3. The van der Waals surface area contributed by atoms with Crippen molar-refractivity contribution in [3.05, 3.63) is 24.3 Å². The monoisotopic (exact) mass is 296 g/mol. The summed E-state index contributed by atoms with van der Waals surface area (Å²) in [6.45, 7) is 8.12. The van der Waals surface area contributed by atoms with Gasteiger partial charge in [-0.3, -0.25) is 0 Å². The third kappa shape index (κ3) is 3.52. The molecule has 5 heteroatoms. The van der Waals surface area contributed by atoms with Gasteiger partial charge in [0.1, 0.15) is 0 Å². The number of hydrogen-bond acceptors (Lipinski definition) is 4. The molecule has 4 nitrogen and oxygen atoms in total. The van der Waals surface area contributed by atoms with Crippen molar-refractivity contribution in [1.82, 2.24) is 5.32 Å². The molecule has 2 unspecified atom stereocenters. The average Bonchev–Trinajstić information content (AvgIpc) is 2.38. The molecular formula is C15H24N2O2S. The normalized spacial score (nSPS) is 23.9. The second-order valence-corrected chi connectivity index (χ2v) is 7.80. The summed E-state index contributed by atoms with van der Waals surface area (Å²) in [6, 6.07) is 8.21. The molecule has 1 aromatic rings. The maximum absolute atomic E-state index is 12.0. The molecule has 0 bridgehead atoms. The fraction of sp³-hybridized carbons (Fsp3) is 0.600. The molecule has 0 aliphatic carbocycles. The van der Waals surface area contributed by atoms with Gasteiger partial charge in [0.2, 0.25) is 0 Å². The van der Waals surface area contributed by atoms with Gasteiger partial charge in [-0.2, -0.15) is 0 Å². The Morgan fingerprint density at radius 3 is 2.20 bits per heavy atom. The molecule has 1 fully saturated rings. The number of hydrogen-bond donors (Lipinski definition) is 1. The SMILES string of the molecule is CCCS(=O)(=O)c1ccc(N2CC(C)NC(C)C2)cc1. The van der Waals surface area contributed by atoms with Gasteiger partial charge < -0.3 is 10.2 Å². The van der Waals surface area contributed by atoms with E-state index >= 15 is 0 Å². The van der Waals surface area contributed by atoms with Gasteiger partial charge in [0.15, 0.2) is 9.84 Å². The summed E-state index contributed by atoms with van der Waals surface area (Å²) in [4.78, 5) is 2.74. The van der Waals surface area contributed by atoms with Crippen LogP contribution in [0.15, 0.2) is 29.2 Å². The maximum Gasteiger partial charge on any atom is 0.178 e. The van der Waals surface area contributed by atoms with Crippen molar-refractivity contribution in [2.45, 2.75) is 44.2 Å². The Labute approximate surface area is 122 Å². The van der Waals surface area contributed by atoms with Gasteiger partial charge in [0.05, 0.1) is 10.6 Å². The van der Waals surface area contributed by atoms with Gasteiger partial charge in [-0.1, -0.05) is 6.92 Å². The van der Waals surface area contributed by atoms with E-state index in [4.69, 9.17) is 0 Å². The van der Waals surface area contributed by atoms with Gasteiger partial charge in [-0.05, 0) is 44.5 Å². The van der Waals surface area contributed by atoms with E-state index in [2.05, 4.69) is 24.1 Å². The van der Waals surface area contributed by atoms with Crippen LogP contribution in [0.4, 0.5) is 5.69 Å². The van der Waals surface area contributed by atoms with Gasteiger partial charge in [0.25, 0.3) is 0 Å². The first-order valence-electron chi connectivity index (χ1n) is 7.26. The molecule has 2 rings (SSSR count).